The van der Waals surface area contributed by atoms with Gasteiger partial charge in [0, 0.05) is 28.4 Å². The molecule has 0 aliphatic heterocycles. The molecule has 5 rings (SSSR count). The zero-order chi connectivity index (χ0) is 21.8. The molecule has 0 bridgehead atoms. The SMILES string of the molecule is CCc1ccc(C)c(-c2ccccc2C)c1.CCn1c2ccccc2c2ccccc21. The Morgan fingerprint density at radius 1 is 0.581 bits per heavy atom. The van der Waals surface area contributed by atoms with E-state index in [1.165, 1.54) is 49.6 Å². The number of para-hydroxylation sites is 2. The molecule has 1 heterocycles. The van der Waals surface area contributed by atoms with Crippen molar-refractivity contribution in [2.45, 2.75) is 40.7 Å². The van der Waals surface area contributed by atoms with Crippen molar-refractivity contribution in [2.24, 2.45) is 0 Å². The summed E-state index contributed by atoms with van der Waals surface area (Å²) in [6.07, 6.45) is 1.10. The Morgan fingerprint density at radius 2 is 1.13 bits per heavy atom. The molecule has 0 unspecified atom stereocenters. The molecular weight excluding hydrogens is 374 g/mol. The van der Waals surface area contributed by atoms with Crippen molar-refractivity contribution in [3.8, 4) is 11.1 Å². The van der Waals surface area contributed by atoms with Crippen LogP contribution in [0.15, 0.2) is 91.0 Å². The highest BCUT2D eigenvalue weighted by Gasteiger charge is 2.07. The molecule has 1 heteroatoms. The molecule has 1 nitrogen and oxygen atoms in total. The number of benzene rings is 4. The lowest BCUT2D eigenvalue weighted by Crippen LogP contribution is -1.91. The number of hydrogen-bond donors (Lipinski definition) is 0. The third-order valence-corrected chi connectivity index (χ3v) is 6.14. The monoisotopic (exact) mass is 405 g/mol. The summed E-state index contributed by atoms with van der Waals surface area (Å²) < 4.78 is 2.37. The minimum atomic E-state index is 1.02. The predicted molar refractivity (Wildman–Crippen MR) is 136 cm³/mol. The van der Waals surface area contributed by atoms with Gasteiger partial charge in [-0.3, -0.25) is 0 Å². The van der Waals surface area contributed by atoms with E-state index in [0.29, 0.717) is 0 Å². The smallest absolute Gasteiger partial charge is 0.0491 e. The van der Waals surface area contributed by atoms with Gasteiger partial charge in [0.1, 0.15) is 0 Å². The number of fused-ring (bicyclic) bond motifs is 3. The largest absolute Gasteiger partial charge is 0.341 e. The second-order valence-corrected chi connectivity index (χ2v) is 8.10. The first-order valence-electron chi connectivity index (χ1n) is 11.3. The normalized spacial score (nSPS) is 10.8. The van der Waals surface area contributed by atoms with Gasteiger partial charge in [-0.2, -0.15) is 0 Å². The van der Waals surface area contributed by atoms with Crippen molar-refractivity contribution in [1.29, 1.82) is 0 Å². The Morgan fingerprint density at radius 3 is 1.71 bits per heavy atom. The van der Waals surface area contributed by atoms with Crippen LogP contribution in [0.1, 0.15) is 30.5 Å². The Balaban J connectivity index is 0.000000149. The molecule has 0 saturated carbocycles. The van der Waals surface area contributed by atoms with Crippen LogP contribution in [0.2, 0.25) is 0 Å². The molecule has 0 amide bonds. The summed E-state index contributed by atoms with van der Waals surface area (Å²) in [5, 5.41) is 2.71. The molecule has 31 heavy (non-hydrogen) atoms. The van der Waals surface area contributed by atoms with Crippen LogP contribution in [-0.2, 0) is 13.0 Å². The van der Waals surface area contributed by atoms with Gasteiger partial charge in [-0.05, 0) is 67.1 Å². The summed E-state index contributed by atoms with van der Waals surface area (Å²) in [6.45, 7) is 9.77. The maximum Gasteiger partial charge on any atom is 0.0491 e. The van der Waals surface area contributed by atoms with Crippen molar-refractivity contribution in [1.82, 2.24) is 4.57 Å². The first-order valence-corrected chi connectivity index (χ1v) is 11.3. The van der Waals surface area contributed by atoms with Gasteiger partial charge in [-0.25, -0.2) is 0 Å². The van der Waals surface area contributed by atoms with E-state index in [-0.39, 0.29) is 0 Å². The Hall–Kier alpha value is -3.32. The second kappa shape index (κ2) is 9.22. The average Bonchev–Trinajstić information content (AvgIpc) is 3.14. The highest BCUT2D eigenvalue weighted by molar-refractivity contribution is 6.07. The summed E-state index contributed by atoms with van der Waals surface area (Å²) in [6, 6.07) is 32.5. The topological polar surface area (TPSA) is 4.93 Å². The Labute approximate surface area is 186 Å². The molecule has 0 aliphatic rings. The lowest BCUT2D eigenvalue weighted by atomic mass is 9.94. The number of aryl methyl sites for hydroxylation is 4. The molecule has 0 atom stereocenters. The quantitative estimate of drug-likeness (QED) is 0.284. The third-order valence-electron chi connectivity index (χ3n) is 6.14. The molecule has 4 aromatic carbocycles. The van der Waals surface area contributed by atoms with Crippen molar-refractivity contribution < 1.29 is 0 Å². The van der Waals surface area contributed by atoms with E-state index in [0.717, 1.165) is 13.0 Å². The van der Waals surface area contributed by atoms with Crippen molar-refractivity contribution in [3.05, 3.63) is 108 Å². The van der Waals surface area contributed by atoms with E-state index < -0.39 is 0 Å². The van der Waals surface area contributed by atoms with Crippen LogP contribution >= 0.6 is 0 Å². The third kappa shape index (κ3) is 4.14. The number of hydrogen-bond acceptors (Lipinski definition) is 0. The maximum atomic E-state index is 2.37. The highest BCUT2D eigenvalue weighted by Crippen LogP contribution is 2.29. The molecule has 1 aromatic heterocycles. The van der Waals surface area contributed by atoms with Crippen molar-refractivity contribution in [2.75, 3.05) is 0 Å². The first kappa shape index (κ1) is 20.9. The molecule has 0 radical (unpaired) electrons. The second-order valence-electron chi connectivity index (χ2n) is 8.10. The fourth-order valence-corrected chi connectivity index (χ4v) is 4.40. The summed E-state index contributed by atoms with van der Waals surface area (Å²) in [7, 11) is 0. The molecule has 0 aliphatic carbocycles. The zero-order valence-electron chi connectivity index (χ0n) is 19.0. The highest BCUT2D eigenvalue weighted by atomic mass is 15.0. The van der Waals surface area contributed by atoms with E-state index >= 15 is 0 Å². The fraction of sp³-hybridized carbons (Fsp3) is 0.200. The number of nitrogens with zero attached hydrogens (tertiary/aromatic N) is 1. The van der Waals surface area contributed by atoms with E-state index in [9.17, 15) is 0 Å². The predicted octanol–water partition coefficient (Wildman–Crippen LogP) is 8.35. The van der Waals surface area contributed by atoms with Crippen LogP contribution in [0.4, 0.5) is 0 Å². The average molecular weight is 406 g/mol. The summed E-state index contributed by atoms with van der Waals surface area (Å²) in [5.41, 5.74) is 9.50. The van der Waals surface area contributed by atoms with Gasteiger partial charge < -0.3 is 4.57 Å². The van der Waals surface area contributed by atoms with E-state index in [4.69, 9.17) is 0 Å². The van der Waals surface area contributed by atoms with Crippen molar-refractivity contribution in [3.63, 3.8) is 0 Å². The number of aromatic nitrogens is 1. The van der Waals surface area contributed by atoms with Crippen LogP contribution < -0.4 is 0 Å². The standard InChI is InChI=1S/C16H18.C14H13N/c1-4-14-10-9-13(3)16(11-14)15-8-6-5-7-12(15)2;1-2-15-13-9-5-3-7-11(13)12-8-4-6-10-14(12)15/h5-11H,4H2,1-3H3;3-10H,2H2,1H3. The fourth-order valence-electron chi connectivity index (χ4n) is 4.40. The van der Waals surface area contributed by atoms with Gasteiger partial charge in [-0.15, -0.1) is 0 Å². The minimum Gasteiger partial charge on any atom is -0.341 e. The molecule has 0 saturated heterocycles. The van der Waals surface area contributed by atoms with Gasteiger partial charge >= 0.3 is 0 Å². The minimum absolute atomic E-state index is 1.02. The van der Waals surface area contributed by atoms with Gasteiger partial charge in [0.25, 0.3) is 0 Å². The van der Waals surface area contributed by atoms with Crippen LogP contribution in [0, 0.1) is 13.8 Å². The maximum absolute atomic E-state index is 2.37. The van der Waals surface area contributed by atoms with Crippen LogP contribution in [0.3, 0.4) is 0 Å². The Bertz CT molecular complexity index is 1270. The number of rotatable bonds is 3. The van der Waals surface area contributed by atoms with E-state index in [1.807, 2.05) is 0 Å². The van der Waals surface area contributed by atoms with Crippen LogP contribution in [0.25, 0.3) is 32.9 Å². The lowest BCUT2D eigenvalue weighted by molar-refractivity contribution is 0.827. The molecule has 156 valence electrons. The summed E-state index contributed by atoms with van der Waals surface area (Å²) >= 11 is 0. The molecule has 5 aromatic rings. The van der Waals surface area contributed by atoms with Crippen LogP contribution in [0.5, 0.6) is 0 Å². The van der Waals surface area contributed by atoms with Gasteiger partial charge in [0.2, 0.25) is 0 Å². The van der Waals surface area contributed by atoms with Gasteiger partial charge in [0.15, 0.2) is 0 Å². The molecule has 0 spiro atoms. The van der Waals surface area contributed by atoms with Crippen LogP contribution in [-0.4, -0.2) is 4.57 Å². The van der Waals surface area contributed by atoms with Gasteiger partial charge in [0.05, 0.1) is 0 Å². The molecule has 0 N–H and O–H groups in total. The molecular formula is C30H31N. The van der Waals surface area contributed by atoms with E-state index in [2.05, 4.69) is 123 Å². The van der Waals surface area contributed by atoms with Gasteiger partial charge in [-0.1, -0.05) is 85.8 Å². The first-order chi connectivity index (χ1) is 15.1. The van der Waals surface area contributed by atoms with Crippen molar-refractivity contribution >= 4 is 21.8 Å². The Kier molecular flexibility index (Phi) is 6.23. The molecule has 0 fully saturated rings. The van der Waals surface area contributed by atoms with E-state index in [1.54, 1.807) is 0 Å². The summed E-state index contributed by atoms with van der Waals surface area (Å²) in [4.78, 5) is 0. The summed E-state index contributed by atoms with van der Waals surface area (Å²) in [5.74, 6) is 0. The zero-order valence-corrected chi connectivity index (χ0v) is 19.0. The lowest BCUT2D eigenvalue weighted by Gasteiger charge is -2.10.